The van der Waals surface area contributed by atoms with Gasteiger partial charge in [-0.15, -0.1) is 0 Å². The summed E-state index contributed by atoms with van der Waals surface area (Å²) >= 11 is 11.8. The number of anilines is 1. The summed E-state index contributed by atoms with van der Waals surface area (Å²) in [5, 5.41) is 0.464. The van der Waals surface area contributed by atoms with Crippen LogP contribution >= 0.6 is 23.2 Å². The minimum atomic E-state index is -0.697. The number of aldehydes is 1. The standard InChI is InChI=1S/C11H7Cl2NO3/c12-6-2-3-7(13)9-8(6)10(16)11(17)14(9)4-1-5-15/h2-3,5H,1,4H2. The number of carbonyl (C=O) groups is 3. The second-order valence-electron chi connectivity index (χ2n) is 3.49. The molecule has 0 spiro atoms. The SMILES string of the molecule is O=CCCN1C(=O)C(=O)c2c(Cl)ccc(Cl)c21. The molecule has 1 aliphatic rings. The molecular weight excluding hydrogens is 265 g/mol. The number of carbonyl (C=O) groups excluding carboxylic acids is 3. The van der Waals surface area contributed by atoms with Crippen LogP contribution in [0.5, 0.6) is 0 Å². The lowest BCUT2D eigenvalue weighted by atomic mass is 10.1. The first kappa shape index (κ1) is 12.1. The van der Waals surface area contributed by atoms with Crippen LogP contribution in [0.4, 0.5) is 5.69 Å². The summed E-state index contributed by atoms with van der Waals surface area (Å²) in [5.41, 5.74) is 0.422. The third-order valence-corrected chi connectivity index (χ3v) is 3.10. The molecule has 0 N–H and O–H groups in total. The Bertz CT molecular complexity index is 528. The smallest absolute Gasteiger partial charge is 0.299 e. The van der Waals surface area contributed by atoms with Crippen molar-refractivity contribution in [2.45, 2.75) is 6.42 Å². The van der Waals surface area contributed by atoms with E-state index in [2.05, 4.69) is 0 Å². The van der Waals surface area contributed by atoms with Crippen molar-refractivity contribution < 1.29 is 14.4 Å². The van der Waals surface area contributed by atoms with Crippen molar-refractivity contribution in [2.75, 3.05) is 11.4 Å². The first-order valence-corrected chi connectivity index (χ1v) is 5.61. The summed E-state index contributed by atoms with van der Waals surface area (Å²) in [6.45, 7) is 0.126. The van der Waals surface area contributed by atoms with E-state index in [1.807, 2.05) is 0 Å². The highest BCUT2D eigenvalue weighted by molar-refractivity contribution is 6.57. The van der Waals surface area contributed by atoms with Crippen molar-refractivity contribution in [2.24, 2.45) is 0 Å². The van der Waals surface area contributed by atoms with Crippen LogP contribution in [0.25, 0.3) is 0 Å². The van der Waals surface area contributed by atoms with Gasteiger partial charge < -0.3 is 9.69 Å². The van der Waals surface area contributed by atoms with Crippen molar-refractivity contribution in [3.05, 3.63) is 27.7 Å². The van der Waals surface area contributed by atoms with Crippen LogP contribution in [-0.4, -0.2) is 24.5 Å². The van der Waals surface area contributed by atoms with Crippen LogP contribution in [0.1, 0.15) is 16.8 Å². The van der Waals surface area contributed by atoms with E-state index in [-0.39, 0.29) is 28.6 Å². The zero-order chi connectivity index (χ0) is 12.6. The van der Waals surface area contributed by atoms with Crippen molar-refractivity contribution in [1.82, 2.24) is 0 Å². The van der Waals surface area contributed by atoms with Crippen LogP contribution in [0.3, 0.4) is 0 Å². The number of ketones is 1. The summed E-state index contributed by atoms with van der Waals surface area (Å²) in [4.78, 5) is 35.0. The lowest BCUT2D eigenvalue weighted by molar-refractivity contribution is -0.114. The lowest BCUT2D eigenvalue weighted by Gasteiger charge is -2.16. The van der Waals surface area contributed by atoms with Gasteiger partial charge in [0.15, 0.2) is 0 Å². The minimum Gasteiger partial charge on any atom is -0.303 e. The Labute approximate surface area is 107 Å². The number of rotatable bonds is 3. The lowest BCUT2D eigenvalue weighted by Crippen LogP contribution is -2.30. The Hall–Kier alpha value is -1.39. The van der Waals surface area contributed by atoms with Crippen LogP contribution in [0.15, 0.2) is 12.1 Å². The molecule has 1 aromatic rings. The van der Waals surface area contributed by atoms with E-state index in [9.17, 15) is 14.4 Å². The molecule has 0 unspecified atom stereocenters. The molecule has 4 nitrogen and oxygen atoms in total. The molecule has 88 valence electrons. The average molecular weight is 272 g/mol. The van der Waals surface area contributed by atoms with Gasteiger partial charge in [0.1, 0.15) is 6.29 Å². The summed E-state index contributed by atoms with van der Waals surface area (Å²) in [5.74, 6) is -1.38. The second-order valence-corrected chi connectivity index (χ2v) is 4.31. The Morgan fingerprint density at radius 2 is 1.82 bits per heavy atom. The molecule has 0 fully saturated rings. The first-order chi connectivity index (χ1) is 8.07. The van der Waals surface area contributed by atoms with E-state index in [0.29, 0.717) is 12.0 Å². The quantitative estimate of drug-likeness (QED) is 0.625. The third-order valence-electron chi connectivity index (χ3n) is 2.48. The van der Waals surface area contributed by atoms with Crippen LogP contribution in [0, 0.1) is 0 Å². The molecule has 0 aromatic heterocycles. The highest BCUT2D eigenvalue weighted by atomic mass is 35.5. The molecule has 1 aromatic carbocycles. The fourth-order valence-electron chi connectivity index (χ4n) is 1.75. The number of amides is 1. The van der Waals surface area contributed by atoms with Gasteiger partial charge in [0.25, 0.3) is 11.7 Å². The predicted molar refractivity (Wildman–Crippen MR) is 63.8 cm³/mol. The van der Waals surface area contributed by atoms with Crippen LogP contribution in [0.2, 0.25) is 10.0 Å². The van der Waals surface area contributed by atoms with Crippen molar-refractivity contribution in [3.8, 4) is 0 Å². The number of Topliss-reactive ketones (excluding diaryl/α,β-unsaturated/α-hetero) is 1. The van der Waals surface area contributed by atoms with Crippen molar-refractivity contribution in [1.29, 1.82) is 0 Å². The van der Waals surface area contributed by atoms with Gasteiger partial charge in [0.2, 0.25) is 0 Å². The Morgan fingerprint density at radius 1 is 1.18 bits per heavy atom. The largest absolute Gasteiger partial charge is 0.303 e. The first-order valence-electron chi connectivity index (χ1n) is 4.85. The molecule has 0 bridgehead atoms. The number of fused-ring (bicyclic) bond motifs is 1. The van der Waals surface area contributed by atoms with E-state index >= 15 is 0 Å². The molecule has 6 heteroatoms. The average Bonchev–Trinajstić information content (AvgIpc) is 2.56. The number of nitrogens with zero attached hydrogens (tertiary/aromatic N) is 1. The molecule has 17 heavy (non-hydrogen) atoms. The monoisotopic (exact) mass is 271 g/mol. The van der Waals surface area contributed by atoms with Gasteiger partial charge in [0, 0.05) is 13.0 Å². The Balaban J connectivity index is 2.55. The topological polar surface area (TPSA) is 54.5 Å². The maximum Gasteiger partial charge on any atom is 0.299 e. The van der Waals surface area contributed by atoms with E-state index in [1.165, 1.54) is 17.0 Å². The molecule has 0 radical (unpaired) electrons. The van der Waals surface area contributed by atoms with Crippen molar-refractivity contribution in [3.63, 3.8) is 0 Å². The van der Waals surface area contributed by atoms with Gasteiger partial charge in [-0.25, -0.2) is 0 Å². The molecular formula is C11H7Cl2NO3. The highest BCUT2D eigenvalue weighted by Crippen LogP contribution is 2.39. The van der Waals surface area contributed by atoms with E-state index in [0.717, 1.165) is 0 Å². The number of hydrogen-bond donors (Lipinski definition) is 0. The van der Waals surface area contributed by atoms with Gasteiger partial charge in [-0.2, -0.15) is 0 Å². The zero-order valence-corrected chi connectivity index (χ0v) is 10.1. The zero-order valence-electron chi connectivity index (χ0n) is 8.57. The van der Waals surface area contributed by atoms with Crippen LogP contribution in [-0.2, 0) is 9.59 Å². The van der Waals surface area contributed by atoms with Gasteiger partial charge >= 0.3 is 0 Å². The molecule has 2 rings (SSSR count). The normalized spacial score (nSPS) is 14.1. The Kier molecular flexibility index (Phi) is 3.17. The van der Waals surface area contributed by atoms with Crippen LogP contribution < -0.4 is 4.90 Å². The van der Waals surface area contributed by atoms with E-state index in [1.54, 1.807) is 0 Å². The fraction of sp³-hybridized carbons (Fsp3) is 0.182. The minimum absolute atomic E-state index is 0.120. The summed E-state index contributed by atoms with van der Waals surface area (Å²) in [7, 11) is 0. The molecule has 0 aliphatic carbocycles. The number of halogens is 2. The summed E-state index contributed by atoms with van der Waals surface area (Å²) in [6, 6.07) is 2.99. The van der Waals surface area contributed by atoms with Gasteiger partial charge in [-0.3, -0.25) is 9.59 Å². The molecule has 1 amide bonds. The van der Waals surface area contributed by atoms with Gasteiger partial charge in [0.05, 0.1) is 21.3 Å². The Morgan fingerprint density at radius 3 is 2.47 bits per heavy atom. The molecule has 0 atom stereocenters. The van der Waals surface area contributed by atoms with E-state index < -0.39 is 11.7 Å². The fourth-order valence-corrected chi connectivity index (χ4v) is 2.25. The molecule has 1 aliphatic heterocycles. The van der Waals surface area contributed by atoms with Gasteiger partial charge in [-0.1, -0.05) is 23.2 Å². The predicted octanol–water partition coefficient (Wildman–Crippen LogP) is 2.11. The number of benzene rings is 1. The highest BCUT2D eigenvalue weighted by Gasteiger charge is 2.38. The second kappa shape index (κ2) is 4.47. The van der Waals surface area contributed by atoms with Gasteiger partial charge in [-0.05, 0) is 12.1 Å². The number of hydrogen-bond acceptors (Lipinski definition) is 3. The molecule has 0 saturated heterocycles. The molecule has 1 heterocycles. The van der Waals surface area contributed by atoms with E-state index in [4.69, 9.17) is 23.2 Å². The third kappa shape index (κ3) is 1.83. The van der Waals surface area contributed by atoms with Crippen molar-refractivity contribution >= 4 is 46.9 Å². The molecule has 0 saturated carbocycles. The summed E-state index contributed by atoms with van der Waals surface area (Å²) < 4.78 is 0. The summed E-state index contributed by atoms with van der Waals surface area (Å²) in [6.07, 6.45) is 0.815. The maximum atomic E-state index is 11.7. The maximum absolute atomic E-state index is 11.7.